The first kappa shape index (κ1) is 94.0. The van der Waals surface area contributed by atoms with Crippen LogP contribution in [0.5, 0.6) is 17.2 Å². The van der Waals surface area contributed by atoms with E-state index in [0.29, 0.717) is 42.6 Å². The van der Waals surface area contributed by atoms with Crippen LogP contribution in [0.2, 0.25) is 5.04 Å². The molecule has 4 aromatic rings. The van der Waals surface area contributed by atoms with Gasteiger partial charge in [0.15, 0.2) is 11.5 Å². The molecule has 109 heavy (non-hydrogen) atoms. The molecule has 1 saturated heterocycles. The van der Waals surface area contributed by atoms with Crippen molar-refractivity contribution in [2.75, 3.05) is 51.9 Å². The van der Waals surface area contributed by atoms with Gasteiger partial charge in [0.25, 0.3) is 14.2 Å². The molecule has 2 N–H and O–H groups in total. The highest BCUT2D eigenvalue weighted by Crippen LogP contribution is 2.43. The first-order valence-electron chi connectivity index (χ1n) is 44.7. The average Bonchev–Trinajstić information content (AvgIpc) is 1.73. The molecule has 0 aliphatic carbocycles. The molecule has 1 unspecified atom stereocenters. The largest absolute Gasteiger partial charge is 0.490 e. The molecule has 616 valence electrons. The minimum absolute atomic E-state index is 0.0223. The second-order valence-corrected chi connectivity index (χ2v) is 36.9. The van der Waals surface area contributed by atoms with Crippen molar-refractivity contribution < 1.29 is 47.6 Å². The number of aliphatic hydroxyl groups excluding tert-OH is 1. The Balaban J connectivity index is 1.15. The summed E-state index contributed by atoms with van der Waals surface area (Å²) in [5.74, 6) is 0.220. The lowest BCUT2D eigenvalue weighted by Gasteiger charge is -2.45. The fourth-order valence-electron chi connectivity index (χ4n) is 15.4. The summed E-state index contributed by atoms with van der Waals surface area (Å²) in [5.41, 5.74) is -0.252. The lowest BCUT2D eigenvalue weighted by atomic mass is 10.0. The molecule has 3 aromatic carbocycles. The number of hydrogen-bond donors (Lipinski definition) is 2. The lowest BCUT2D eigenvalue weighted by molar-refractivity contribution is -0.144. The maximum absolute atomic E-state index is 14.5. The number of nitrogens with zero attached hydrogens (tertiary/aromatic N) is 3. The lowest BCUT2D eigenvalue weighted by Crippen LogP contribution is -2.68. The number of likely N-dealkylation sites (N-methyl/N-ethyl adjacent to an activating group) is 1. The van der Waals surface area contributed by atoms with E-state index in [1.54, 1.807) is 19.2 Å². The van der Waals surface area contributed by atoms with Gasteiger partial charge in [-0.1, -0.05) is 391 Å². The van der Waals surface area contributed by atoms with Gasteiger partial charge in [0.2, 0.25) is 11.7 Å². The monoisotopic (exact) mass is 1530 g/mol. The summed E-state index contributed by atoms with van der Waals surface area (Å²) in [4.78, 5) is 60.3. The van der Waals surface area contributed by atoms with Crippen LogP contribution in [0.3, 0.4) is 0 Å². The quantitative estimate of drug-likeness (QED) is 0.0243. The number of hydrogen-bond acceptors (Lipinski definition) is 12. The first-order valence-corrected chi connectivity index (χ1v) is 46.6. The van der Waals surface area contributed by atoms with Gasteiger partial charge in [0, 0.05) is 31.6 Å². The number of carbonyl (C=O) groups is 3. The Labute approximate surface area is 663 Å². The second-order valence-electron chi connectivity index (χ2n) is 32.6. The number of aliphatic hydroxyl groups is 1. The Morgan fingerprint density at radius 3 is 1.24 bits per heavy atom. The third kappa shape index (κ3) is 38.7. The fourth-order valence-corrected chi connectivity index (χ4v) is 20.2. The SMILES string of the molecule is CCCCCCCCCCCCCCCCCCOc1cc(C(=O)N(C)CCOC(=O)CCC(=O)Nc2ccn([C@H]3CC(O[Si](c4ccccc4)(c4ccccc4)C(C)(C)C)[C@@H](CO)O3)c(=O)n2)cc(OCCCCCCCCCCCCCCCCCC)c1OCCCCCCCCCCCCCCCCCC. The van der Waals surface area contributed by atoms with Crippen LogP contribution in [0.25, 0.3) is 0 Å². The van der Waals surface area contributed by atoms with Gasteiger partial charge < -0.3 is 43.4 Å². The van der Waals surface area contributed by atoms with Crippen molar-refractivity contribution >= 4 is 42.3 Å². The number of benzene rings is 3. The first-order chi connectivity index (χ1) is 53.3. The number of anilines is 1. The molecule has 1 fully saturated rings. The molecule has 15 nitrogen and oxygen atoms in total. The van der Waals surface area contributed by atoms with E-state index < -0.39 is 44.3 Å². The van der Waals surface area contributed by atoms with E-state index >= 15 is 0 Å². The smallest absolute Gasteiger partial charge is 0.351 e. The maximum Gasteiger partial charge on any atom is 0.351 e. The van der Waals surface area contributed by atoms with Crippen LogP contribution in [0, 0.1) is 0 Å². The van der Waals surface area contributed by atoms with E-state index in [9.17, 15) is 24.3 Å². The van der Waals surface area contributed by atoms with Crippen molar-refractivity contribution in [2.45, 2.75) is 392 Å². The van der Waals surface area contributed by atoms with Crippen molar-refractivity contribution in [2.24, 2.45) is 0 Å². The molecular formula is C93H154N4O11Si. The highest BCUT2D eigenvalue weighted by Gasteiger charge is 2.54. The number of ether oxygens (including phenoxy) is 5. The zero-order valence-electron chi connectivity index (χ0n) is 70.0. The van der Waals surface area contributed by atoms with Gasteiger partial charge in [-0.15, -0.1) is 0 Å². The van der Waals surface area contributed by atoms with E-state index in [2.05, 4.69) is 76.1 Å². The number of aromatic nitrogens is 2. The number of amides is 2. The van der Waals surface area contributed by atoms with Crippen molar-refractivity contribution in [1.82, 2.24) is 14.5 Å². The zero-order chi connectivity index (χ0) is 78.1. The van der Waals surface area contributed by atoms with Crippen LogP contribution in [0.1, 0.15) is 386 Å². The van der Waals surface area contributed by atoms with Crippen LogP contribution in [-0.4, -0.2) is 104 Å². The molecule has 16 heteroatoms. The molecule has 0 bridgehead atoms. The number of nitrogens with one attached hydrogen (secondary N) is 1. The number of carbonyl (C=O) groups excluding carboxylic acids is 3. The predicted octanol–water partition coefficient (Wildman–Crippen LogP) is 23.4. The summed E-state index contributed by atoms with van der Waals surface area (Å²) in [7, 11) is -1.35. The Hall–Kier alpha value is -5.55. The summed E-state index contributed by atoms with van der Waals surface area (Å²) >= 11 is 0. The van der Waals surface area contributed by atoms with Crippen molar-refractivity contribution in [3.8, 4) is 17.2 Å². The van der Waals surface area contributed by atoms with E-state index in [0.717, 1.165) is 48.9 Å². The molecule has 0 radical (unpaired) electrons. The molecule has 1 aliphatic heterocycles. The Kier molecular flexibility index (Phi) is 51.1. The summed E-state index contributed by atoms with van der Waals surface area (Å²) in [6.07, 6.45) is 61.4. The molecule has 2 heterocycles. The summed E-state index contributed by atoms with van der Waals surface area (Å²) in [5, 5.41) is 15.2. The van der Waals surface area contributed by atoms with Crippen molar-refractivity contribution in [3.63, 3.8) is 0 Å². The van der Waals surface area contributed by atoms with Gasteiger partial charge in [0.05, 0.1) is 45.5 Å². The van der Waals surface area contributed by atoms with Crippen LogP contribution in [0.15, 0.2) is 89.9 Å². The molecule has 1 aromatic heterocycles. The maximum atomic E-state index is 14.5. The van der Waals surface area contributed by atoms with Crippen LogP contribution in [0.4, 0.5) is 5.82 Å². The molecule has 2 amide bonds. The Bertz CT molecular complexity index is 2920. The third-order valence-electron chi connectivity index (χ3n) is 22.1. The Morgan fingerprint density at radius 1 is 0.514 bits per heavy atom. The molecule has 0 spiro atoms. The number of rotatable bonds is 68. The molecule has 3 atom stereocenters. The van der Waals surface area contributed by atoms with Crippen molar-refractivity contribution in [1.29, 1.82) is 0 Å². The fraction of sp³-hybridized carbons (Fsp3) is 0.731. The van der Waals surface area contributed by atoms with Gasteiger partial charge in [-0.05, 0) is 52.9 Å². The molecule has 0 saturated carbocycles. The van der Waals surface area contributed by atoms with E-state index in [1.165, 1.54) is 291 Å². The molecular weight excluding hydrogens is 1380 g/mol. The summed E-state index contributed by atoms with van der Waals surface area (Å²) < 4.78 is 40.6. The topological polar surface area (TPSA) is 177 Å². The minimum Gasteiger partial charge on any atom is -0.490 e. The van der Waals surface area contributed by atoms with Gasteiger partial charge in [-0.25, -0.2) is 4.79 Å². The van der Waals surface area contributed by atoms with Crippen LogP contribution in [-0.2, 0) is 23.5 Å². The predicted molar refractivity (Wildman–Crippen MR) is 454 cm³/mol. The third-order valence-corrected chi connectivity index (χ3v) is 27.2. The number of unbranched alkanes of at least 4 members (excludes halogenated alkanes) is 45. The van der Waals surface area contributed by atoms with E-state index in [4.69, 9.17) is 28.1 Å². The van der Waals surface area contributed by atoms with E-state index in [1.807, 2.05) is 36.4 Å². The normalized spacial score (nSPS) is 14.5. The van der Waals surface area contributed by atoms with Crippen LogP contribution >= 0.6 is 0 Å². The van der Waals surface area contributed by atoms with Gasteiger partial charge in [0.1, 0.15) is 24.8 Å². The highest BCUT2D eigenvalue weighted by atomic mass is 28.4. The molecule has 1 aliphatic rings. The van der Waals surface area contributed by atoms with Crippen LogP contribution < -0.4 is 35.6 Å². The van der Waals surface area contributed by atoms with Gasteiger partial charge in [-0.3, -0.25) is 19.0 Å². The van der Waals surface area contributed by atoms with Crippen molar-refractivity contribution in [3.05, 3.63) is 101 Å². The highest BCUT2D eigenvalue weighted by molar-refractivity contribution is 6.99. The minimum atomic E-state index is -3.04. The summed E-state index contributed by atoms with van der Waals surface area (Å²) in [6.45, 7) is 14.6. The standard InChI is InChI=1S/C93H154N4O11Si/c1-8-11-14-17-20-23-26-29-32-35-38-41-44-47-50-59-71-103-83-75-79(76-84(104-72-60-51-48-45-42-39-36-33-30-27-24-21-18-15-12-9-2)90(83)106-73-61-52-49-46-43-40-37-34-31-28-25-22-19-16-13-10-3)91(101)96(7)70-74-105-89(100)67-66-87(99)94-86-68-69-97(92(102)95-86)88-77-82(85(78-98)107-88)108-109(93(4,5)6,80-62-55-53-56-63-80)81-64-57-54-58-65-81/h53-58,62-65,68-69,75-76,82,85,88,98H,8-52,59-61,66-67,70-74,77-78H2,1-7H3,(H,94,95,99,102)/t82?,85-,88-/m1/s1. The van der Waals surface area contributed by atoms with E-state index in [-0.39, 0.29) is 55.8 Å². The average molecular weight is 1530 g/mol. The zero-order valence-corrected chi connectivity index (χ0v) is 71.0. The van der Waals surface area contributed by atoms with Gasteiger partial charge >= 0.3 is 11.7 Å². The molecule has 5 rings (SSSR count). The van der Waals surface area contributed by atoms with Gasteiger partial charge in [-0.2, -0.15) is 4.98 Å². The summed E-state index contributed by atoms with van der Waals surface area (Å²) in [6, 6.07) is 25.6. The number of esters is 1. The Morgan fingerprint density at radius 2 is 0.881 bits per heavy atom. The second kappa shape index (κ2) is 59.2.